The number of benzene rings is 1. The topological polar surface area (TPSA) is 46.2 Å². The molecule has 0 fully saturated rings. The van der Waals surface area contributed by atoms with Crippen LogP contribution in [0.5, 0.6) is 0 Å². The SMILES string of the molecule is Cc1cccc([C@H](N)CCO)c1C(F)(F)F. The van der Waals surface area contributed by atoms with Gasteiger partial charge in [0.15, 0.2) is 0 Å². The van der Waals surface area contributed by atoms with Gasteiger partial charge in [0.05, 0.1) is 5.56 Å². The van der Waals surface area contributed by atoms with Crippen LogP contribution in [-0.4, -0.2) is 11.7 Å². The van der Waals surface area contributed by atoms with Crippen LogP contribution in [0.4, 0.5) is 13.2 Å². The van der Waals surface area contributed by atoms with E-state index in [0.717, 1.165) is 0 Å². The lowest BCUT2D eigenvalue weighted by Gasteiger charge is -2.19. The van der Waals surface area contributed by atoms with E-state index >= 15 is 0 Å². The molecule has 0 saturated heterocycles. The Hall–Kier alpha value is -1.07. The monoisotopic (exact) mass is 233 g/mol. The van der Waals surface area contributed by atoms with Gasteiger partial charge in [-0.25, -0.2) is 0 Å². The molecule has 0 amide bonds. The second-order valence-electron chi connectivity index (χ2n) is 3.66. The fourth-order valence-corrected chi connectivity index (χ4v) is 1.68. The normalized spacial score (nSPS) is 13.9. The van der Waals surface area contributed by atoms with Crippen LogP contribution in [0.2, 0.25) is 0 Å². The fraction of sp³-hybridized carbons (Fsp3) is 0.455. The molecule has 0 aromatic heterocycles. The third-order valence-electron chi connectivity index (χ3n) is 2.43. The fourth-order valence-electron chi connectivity index (χ4n) is 1.68. The lowest BCUT2D eigenvalue weighted by Crippen LogP contribution is -2.19. The van der Waals surface area contributed by atoms with Crippen molar-refractivity contribution in [2.45, 2.75) is 25.6 Å². The lowest BCUT2D eigenvalue weighted by molar-refractivity contribution is -0.138. The maximum Gasteiger partial charge on any atom is 0.416 e. The minimum Gasteiger partial charge on any atom is -0.396 e. The number of aryl methyl sites for hydroxylation is 1. The Balaban J connectivity index is 3.23. The van der Waals surface area contributed by atoms with Gasteiger partial charge in [-0.05, 0) is 24.5 Å². The summed E-state index contributed by atoms with van der Waals surface area (Å²) in [6.45, 7) is 1.17. The molecule has 1 rings (SSSR count). The lowest BCUT2D eigenvalue weighted by atomic mass is 9.95. The van der Waals surface area contributed by atoms with Gasteiger partial charge in [-0.15, -0.1) is 0 Å². The molecule has 16 heavy (non-hydrogen) atoms. The number of alkyl halides is 3. The molecule has 1 aromatic rings. The predicted molar refractivity (Wildman–Crippen MR) is 54.8 cm³/mol. The van der Waals surface area contributed by atoms with E-state index in [0.29, 0.717) is 0 Å². The molecule has 0 bridgehead atoms. The number of rotatable bonds is 3. The Morgan fingerprint density at radius 1 is 1.38 bits per heavy atom. The largest absolute Gasteiger partial charge is 0.416 e. The Morgan fingerprint density at radius 2 is 2.00 bits per heavy atom. The van der Waals surface area contributed by atoms with Crippen molar-refractivity contribution in [1.29, 1.82) is 0 Å². The van der Waals surface area contributed by atoms with Crippen LogP contribution in [0.3, 0.4) is 0 Å². The summed E-state index contributed by atoms with van der Waals surface area (Å²) in [5.41, 5.74) is 5.12. The maximum absolute atomic E-state index is 12.8. The van der Waals surface area contributed by atoms with Crippen molar-refractivity contribution in [2.75, 3.05) is 6.61 Å². The van der Waals surface area contributed by atoms with Crippen molar-refractivity contribution in [3.05, 3.63) is 34.9 Å². The molecule has 5 heteroatoms. The number of aliphatic hydroxyl groups excluding tert-OH is 1. The van der Waals surface area contributed by atoms with Gasteiger partial charge in [0.25, 0.3) is 0 Å². The molecule has 0 spiro atoms. The van der Waals surface area contributed by atoms with Crippen LogP contribution in [-0.2, 0) is 6.18 Å². The molecule has 3 N–H and O–H groups in total. The van der Waals surface area contributed by atoms with Crippen molar-refractivity contribution in [3.8, 4) is 0 Å². The van der Waals surface area contributed by atoms with Gasteiger partial charge >= 0.3 is 6.18 Å². The van der Waals surface area contributed by atoms with Gasteiger partial charge in [-0.2, -0.15) is 13.2 Å². The summed E-state index contributed by atoms with van der Waals surface area (Å²) in [6.07, 6.45) is -4.29. The van der Waals surface area contributed by atoms with Crippen LogP contribution in [0, 0.1) is 6.92 Å². The van der Waals surface area contributed by atoms with Crippen molar-refractivity contribution >= 4 is 0 Å². The molecular formula is C11H14F3NO. The first-order valence-corrected chi connectivity index (χ1v) is 4.91. The molecule has 1 aromatic carbocycles. The van der Waals surface area contributed by atoms with E-state index in [1.807, 2.05) is 0 Å². The Morgan fingerprint density at radius 3 is 2.50 bits per heavy atom. The predicted octanol–water partition coefficient (Wildman–Crippen LogP) is 2.40. The van der Waals surface area contributed by atoms with E-state index in [1.54, 1.807) is 0 Å². The molecular weight excluding hydrogens is 219 g/mol. The minimum absolute atomic E-state index is 0.0431. The minimum atomic E-state index is -4.41. The van der Waals surface area contributed by atoms with Gasteiger partial charge in [0.1, 0.15) is 0 Å². The molecule has 2 nitrogen and oxygen atoms in total. The Labute approximate surface area is 91.9 Å². The second kappa shape index (κ2) is 4.84. The maximum atomic E-state index is 12.8. The van der Waals surface area contributed by atoms with Gasteiger partial charge < -0.3 is 10.8 Å². The van der Waals surface area contributed by atoms with Crippen LogP contribution in [0.25, 0.3) is 0 Å². The first-order chi connectivity index (χ1) is 7.38. The highest BCUT2D eigenvalue weighted by Crippen LogP contribution is 2.36. The summed E-state index contributed by atoms with van der Waals surface area (Å²) >= 11 is 0. The number of aliphatic hydroxyl groups is 1. The standard InChI is InChI=1S/C11H14F3NO/c1-7-3-2-4-8(9(15)5-6-16)10(7)11(12,13)14/h2-4,9,16H,5-6,15H2,1H3/t9-/m1/s1. The van der Waals surface area contributed by atoms with Gasteiger partial charge in [-0.3, -0.25) is 0 Å². The van der Waals surface area contributed by atoms with Crippen LogP contribution in [0.15, 0.2) is 18.2 Å². The third-order valence-corrected chi connectivity index (χ3v) is 2.43. The number of hydrogen-bond donors (Lipinski definition) is 2. The smallest absolute Gasteiger partial charge is 0.396 e. The highest BCUT2D eigenvalue weighted by Gasteiger charge is 2.35. The number of nitrogens with two attached hydrogens (primary N) is 1. The number of halogens is 3. The average Bonchev–Trinajstić information content (AvgIpc) is 2.15. The molecule has 0 unspecified atom stereocenters. The quantitative estimate of drug-likeness (QED) is 0.842. The van der Waals surface area contributed by atoms with E-state index in [2.05, 4.69) is 0 Å². The molecule has 0 heterocycles. The molecule has 0 aliphatic heterocycles. The Bertz CT molecular complexity index is 363. The molecule has 90 valence electrons. The summed E-state index contributed by atoms with van der Waals surface area (Å²) in [5, 5.41) is 8.70. The van der Waals surface area contributed by atoms with E-state index in [-0.39, 0.29) is 24.2 Å². The Kier molecular flexibility index (Phi) is 3.93. The van der Waals surface area contributed by atoms with E-state index in [4.69, 9.17) is 10.8 Å². The summed E-state index contributed by atoms with van der Waals surface area (Å²) in [6, 6.07) is 3.51. The highest BCUT2D eigenvalue weighted by atomic mass is 19.4. The average molecular weight is 233 g/mol. The van der Waals surface area contributed by atoms with Gasteiger partial charge in [-0.1, -0.05) is 18.2 Å². The van der Waals surface area contributed by atoms with Gasteiger partial charge in [0.2, 0.25) is 0 Å². The van der Waals surface area contributed by atoms with Crippen molar-refractivity contribution in [1.82, 2.24) is 0 Å². The summed E-state index contributed by atoms with van der Waals surface area (Å²) < 4.78 is 38.4. The van der Waals surface area contributed by atoms with Crippen molar-refractivity contribution in [3.63, 3.8) is 0 Å². The zero-order valence-corrected chi connectivity index (χ0v) is 8.88. The zero-order valence-electron chi connectivity index (χ0n) is 8.88. The van der Waals surface area contributed by atoms with E-state index < -0.39 is 17.8 Å². The molecule has 0 saturated carbocycles. The van der Waals surface area contributed by atoms with Crippen LogP contribution < -0.4 is 5.73 Å². The first-order valence-electron chi connectivity index (χ1n) is 4.91. The highest BCUT2D eigenvalue weighted by molar-refractivity contribution is 5.38. The molecule has 0 radical (unpaired) electrons. The second-order valence-corrected chi connectivity index (χ2v) is 3.66. The van der Waals surface area contributed by atoms with Crippen LogP contribution in [0.1, 0.15) is 29.2 Å². The molecule has 0 aliphatic carbocycles. The van der Waals surface area contributed by atoms with E-state index in [1.165, 1.54) is 25.1 Å². The zero-order chi connectivity index (χ0) is 12.3. The third kappa shape index (κ3) is 2.74. The molecule has 0 aliphatic rings. The summed E-state index contributed by atoms with van der Waals surface area (Å²) in [7, 11) is 0. The van der Waals surface area contributed by atoms with Gasteiger partial charge in [0, 0.05) is 12.6 Å². The summed E-state index contributed by atoms with van der Waals surface area (Å²) in [5.74, 6) is 0. The number of hydrogen-bond acceptors (Lipinski definition) is 2. The summed E-state index contributed by atoms with van der Waals surface area (Å²) in [4.78, 5) is 0. The van der Waals surface area contributed by atoms with Crippen LogP contribution >= 0.6 is 0 Å². The first kappa shape index (κ1) is 13.0. The van der Waals surface area contributed by atoms with Crippen molar-refractivity contribution < 1.29 is 18.3 Å². The van der Waals surface area contributed by atoms with E-state index in [9.17, 15) is 13.2 Å². The molecule has 1 atom stereocenters. The van der Waals surface area contributed by atoms with Crippen molar-refractivity contribution in [2.24, 2.45) is 5.73 Å².